The molecule has 0 aliphatic heterocycles. The molecule has 0 aromatic heterocycles. The Morgan fingerprint density at radius 2 is 1.35 bits per heavy atom. The molecular formula is C25H45N3O12. The summed E-state index contributed by atoms with van der Waals surface area (Å²) in [6, 6.07) is -2.04. The topological polar surface area (TPSA) is 255 Å². The number of nitrogens with one attached hydrogen (secondary N) is 2. The van der Waals surface area contributed by atoms with Gasteiger partial charge in [0.15, 0.2) is 11.9 Å². The van der Waals surface area contributed by atoms with Gasteiger partial charge in [-0.15, -0.1) is 0 Å². The minimum Gasteiger partial charge on any atom is -0.479 e. The van der Waals surface area contributed by atoms with Gasteiger partial charge in [-0.05, 0) is 59.4 Å². The first-order valence-electron chi connectivity index (χ1n) is 13.1. The van der Waals surface area contributed by atoms with Crippen molar-refractivity contribution in [2.24, 2.45) is 5.73 Å². The van der Waals surface area contributed by atoms with Gasteiger partial charge in [-0.25, -0.2) is 14.4 Å². The molecule has 0 saturated carbocycles. The van der Waals surface area contributed by atoms with E-state index in [4.69, 9.17) is 20.3 Å². The van der Waals surface area contributed by atoms with Crippen molar-refractivity contribution in [3.05, 3.63) is 0 Å². The molecule has 9 N–H and O–H groups in total. The van der Waals surface area contributed by atoms with Crippen LogP contribution in [0.15, 0.2) is 0 Å². The van der Waals surface area contributed by atoms with Crippen LogP contribution in [0, 0.1) is 0 Å². The molecule has 0 aromatic rings. The van der Waals surface area contributed by atoms with E-state index < -0.39 is 71.8 Å². The van der Waals surface area contributed by atoms with Crippen LogP contribution in [0.1, 0.15) is 72.1 Å². The maximum absolute atomic E-state index is 13.0. The molecule has 0 saturated heterocycles. The number of amides is 2. The van der Waals surface area contributed by atoms with Gasteiger partial charge in [0.25, 0.3) is 0 Å². The minimum atomic E-state index is -2.39. The van der Waals surface area contributed by atoms with Gasteiger partial charge in [0, 0.05) is 6.42 Å². The van der Waals surface area contributed by atoms with Gasteiger partial charge in [0.05, 0.1) is 7.11 Å². The van der Waals surface area contributed by atoms with Crippen molar-refractivity contribution in [2.45, 2.75) is 114 Å². The second-order valence-electron chi connectivity index (χ2n) is 10.3. The molecule has 0 rings (SSSR count). The molecule has 0 aliphatic rings. The number of nitrogens with two attached hydrogens (primary N) is 1. The van der Waals surface area contributed by atoms with Gasteiger partial charge in [-0.1, -0.05) is 12.8 Å². The number of alkyl carbamates (subject to hydrolysis) is 1. The van der Waals surface area contributed by atoms with Crippen LogP contribution in [0.5, 0.6) is 0 Å². The van der Waals surface area contributed by atoms with Crippen LogP contribution < -0.4 is 16.4 Å². The number of carbonyl (C=O) groups excluding carboxylic acids is 4. The molecule has 40 heavy (non-hydrogen) atoms. The van der Waals surface area contributed by atoms with E-state index >= 15 is 0 Å². The number of carbonyl (C=O) groups is 5. The maximum atomic E-state index is 13.0. The lowest BCUT2D eigenvalue weighted by atomic mass is 9.97. The van der Waals surface area contributed by atoms with E-state index in [1.165, 1.54) is 7.11 Å². The summed E-state index contributed by atoms with van der Waals surface area (Å²) in [4.78, 5) is 60.3. The van der Waals surface area contributed by atoms with Crippen LogP contribution in [0.4, 0.5) is 4.79 Å². The highest BCUT2D eigenvalue weighted by molar-refractivity contribution is 5.89. The van der Waals surface area contributed by atoms with Crippen LogP contribution in [0.3, 0.4) is 0 Å². The standard InChI is InChI=1S/C25H45N3O12/c1-25(2,3)40-24(38)28-14(21(34)27-15(23(37)39-4)11-8-9-13-26)10-6-5-7-12-16(29)17(30)18(31)19(32)20(33)22(35)36/h14-15,17-20,30-33H,5-13,26H2,1-4H3,(H,27,34)(H,28,38)(H,35,36)/t14?,15-,17-,18+,19+,20-/m0/s1. The van der Waals surface area contributed by atoms with Crippen molar-refractivity contribution in [1.29, 1.82) is 0 Å². The van der Waals surface area contributed by atoms with Crippen LogP contribution in [0.2, 0.25) is 0 Å². The van der Waals surface area contributed by atoms with Gasteiger partial charge in [0.2, 0.25) is 5.91 Å². The molecule has 0 aliphatic carbocycles. The summed E-state index contributed by atoms with van der Waals surface area (Å²) in [5.74, 6) is -4.02. The first kappa shape index (κ1) is 37.1. The van der Waals surface area contributed by atoms with E-state index in [0.717, 1.165) is 0 Å². The highest BCUT2D eigenvalue weighted by Crippen LogP contribution is 2.14. The van der Waals surface area contributed by atoms with Crippen molar-refractivity contribution >= 4 is 29.7 Å². The molecule has 0 bridgehead atoms. The number of aliphatic hydroxyl groups is 4. The van der Waals surface area contributed by atoms with E-state index in [1.807, 2.05) is 0 Å². The number of ether oxygens (including phenoxy) is 2. The average molecular weight is 580 g/mol. The maximum Gasteiger partial charge on any atom is 0.408 e. The number of hydrogen-bond acceptors (Lipinski definition) is 12. The third kappa shape index (κ3) is 14.5. The van der Waals surface area contributed by atoms with Crippen LogP contribution in [-0.2, 0) is 28.7 Å². The lowest BCUT2D eigenvalue weighted by molar-refractivity contribution is -0.165. The molecule has 15 heteroatoms. The zero-order valence-electron chi connectivity index (χ0n) is 23.5. The summed E-state index contributed by atoms with van der Waals surface area (Å²) in [5.41, 5.74) is 4.66. The number of carboxylic acid groups (broad SMARTS) is 1. The molecule has 0 radical (unpaired) electrons. The minimum absolute atomic E-state index is 0.102. The van der Waals surface area contributed by atoms with E-state index in [0.29, 0.717) is 32.2 Å². The Labute approximate surface area is 233 Å². The summed E-state index contributed by atoms with van der Waals surface area (Å²) in [6.07, 6.45) is -7.69. The van der Waals surface area contributed by atoms with Crippen molar-refractivity contribution in [1.82, 2.24) is 10.6 Å². The van der Waals surface area contributed by atoms with Crippen molar-refractivity contribution in [2.75, 3.05) is 13.7 Å². The Kier molecular flexibility index (Phi) is 17.2. The van der Waals surface area contributed by atoms with E-state index in [-0.39, 0.29) is 25.7 Å². The molecule has 2 amide bonds. The highest BCUT2D eigenvalue weighted by atomic mass is 16.6. The first-order valence-corrected chi connectivity index (χ1v) is 13.1. The van der Waals surface area contributed by atoms with E-state index in [1.54, 1.807) is 20.8 Å². The van der Waals surface area contributed by atoms with Gasteiger partial charge in [-0.2, -0.15) is 0 Å². The number of carboxylic acids is 1. The quantitative estimate of drug-likeness (QED) is 0.0656. The number of methoxy groups -OCH3 is 1. The number of hydrogen-bond donors (Lipinski definition) is 8. The van der Waals surface area contributed by atoms with Gasteiger partial charge >= 0.3 is 18.0 Å². The SMILES string of the molecule is COC(=O)[C@H](CCCCN)NC(=O)C(CCCCCC(=O)[C@H](O)[C@@H](O)[C@@H](O)[C@H](O)C(=O)O)NC(=O)OC(C)(C)C. The third-order valence-electron chi connectivity index (χ3n) is 5.75. The van der Waals surface area contributed by atoms with Crippen molar-refractivity contribution in [3.63, 3.8) is 0 Å². The summed E-state index contributed by atoms with van der Waals surface area (Å²) >= 11 is 0. The number of ketones is 1. The van der Waals surface area contributed by atoms with Crippen LogP contribution in [0.25, 0.3) is 0 Å². The zero-order chi connectivity index (χ0) is 31.0. The Hall–Kier alpha value is -2.85. The van der Waals surface area contributed by atoms with Gasteiger partial charge < -0.3 is 51.4 Å². The summed E-state index contributed by atoms with van der Waals surface area (Å²) < 4.78 is 9.98. The lowest BCUT2D eigenvalue weighted by Crippen LogP contribution is -2.52. The summed E-state index contributed by atoms with van der Waals surface area (Å²) in [6.45, 7) is 5.36. The fourth-order valence-electron chi connectivity index (χ4n) is 3.56. The van der Waals surface area contributed by atoms with Gasteiger partial charge in [0.1, 0.15) is 36.0 Å². The fourth-order valence-corrected chi connectivity index (χ4v) is 3.56. The smallest absolute Gasteiger partial charge is 0.408 e. The Balaban J connectivity index is 5.12. The van der Waals surface area contributed by atoms with Crippen molar-refractivity contribution in [3.8, 4) is 0 Å². The zero-order valence-corrected chi connectivity index (χ0v) is 23.5. The van der Waals surface area contributed by atoms with Gasteiger partial charge in [-0.3, -0.25) is 9.59 Å². The summed E-state index contributed by atoms with van der Waals surface area (Å²) in [7, 11) is 1.19. The number of esters is 1. The predicted molar refractivity (Wildman–Crippen MR) is 140 cm³/mol. The monoisotopic (exact) mass is 579 g/mol. The highest BCUT2D eigenvalue weighted by Gasteiger charge is 2.37. The molecule has 15 nitrogen and oxygen atoms in total. The van der Waals surface area contributed by atoms with E-state index in [9.17, 15) is 44.4 Å². The Morgan fingerprint density at radius 3 is 1.88 bits per heavy atom. The Bertz CT molecular complexity index is 832. The molecule has 0 fully saturated rings. The second kappa shape index (κ2) is 18.5. The third-order valence-corrected chi connectivity index (χ3v) is 5.75. The van der Waals surface area contributed by atoms with Crippen LogP contribution >= 0.6 is 0 Å². The van der Waals surface area contributed by atoms with Crippen molar-refractivity contribution < 1.29 is 59.0 Å². The number of unbranched alkanes of at least 4 members (excludes halogenated alkanes) is 3. The molecule has 232 valence electrons. The molecule has 6 atom stereocenters. The Morgan fingerprint density at radius 1 is 0.800 bits per heavy atom. The average Bonchev–Trinajstić information content (AvgIpc) is 2.87. The number of rotatable bonds is 19. The molecule has 1 unspecified atom stereocenters. The molecule has 0 spiro atoms. The number of aliphatic carboxylic acids is 1. The number of Topliss-reactive ketones (excluding diaryl/α,β-unsaturated/α-hetero) is 1. The van der Waals surface area contributed by atoms with Crippen LogP contribution in [-0.4, -0.2) is 111 Å². The normalized spacial score (nSPS) is 16.0. The summed E-state index contributed by atoms with van der Waals surface area (Å²) in [5, 5.41) is 52.3. The second-order valence-corrected chi connectivity index (χ2v) is 10.3. The first-order chi connectivity index (χ1) is 18.5. The molecular weight excluding hydrogens is 534 g/mol. The fraction of sp³-hybridized carbons (Fsp3) is 0.800. The predicted octanol–water partition coefficient (Wildman–Crippen LogP) is -1.29. The molecule has 0 aromatic carbocycles. The van der Waals surface area contributed by atoms with E-state index in [2.05, 4.69) is 10.6 Å². The number of aliphatic hydroxyl groups excluding tert-OH is 4. The lowest BCUT2D eigenvalue weighted by Gasteiger charge is -2.25. The molecule has 0 heterocycles. The largest absolute Gasteiger partial charge is 0.479 e.